The maximum atomic E-state index is 11.2. The maximum Gasteiger partial charge on any atom is 0.182 e. The van der Waals surface area contributed by atoms with E-state index in [4.69, 9.17) is 11.6 Å². The van der Waals surface area contributed by atoms with Crippen molar-refractivity contribution in [1.82, 2.24) is 0 Å². The van der Waals surface area contributed by atoms with Gasteiger partial charge in [-0.25, -0.2) is 4.74 Å². The molecule has 70 valence electrons. The van der Waals surface area contributed by atoms with Crippen LogP contribution in [-0.2, 0) is 0 Å². The second-order valence-electron chi connectivity index (χ2n) is 3.13. The molecule has 0 saturated carbocycles. The zero-order valence-electron chi connectivity index (χ0n) is 7.70. The summed E-state index contributed by atoms with van der Waals surface area (Å²) in [4.78, 5) is 0. The summed E-state index contributed by atoms with van der Waals surface area (Å²) in [7, 11) is 0. The molecule has 3 heteroatoms. The first kappa shape index (κ1) is 10.1. The summed E-state index contributed by atoms with van der Waals surface area (Å²) in [6.07, 6.45) is 1.56. The Morgan fingerprint density at radius 2 is 1.85 bits per heavy atom. The molecule has 0 aromatic heterocycles. The number of hydrogen-bond acceptors (Lipinski definition) is 1. The first-order valence-electron chi connectivity index (χ1n) is 4.15. The van der Waals surface area contributed by atoms with Crippen molar-refractivity contribution in [3.63, 3.8) is 0 Å². The van der Waals surface area contributed by atoms with Crippen LogP contribution in [0.15, 0.2) is 24.3 Å². The van der Waals surface area contributed by atoms with E-state index in [0.717, 1.165) is 10.3 Å². The van der Waals surface area contributed by atoms with Crippen molar-refractivity contribution in [2.24, 2.45) is 0 Å². The highest BCUT2D eigenvalue weighted by Gasteiger charge is 2.00. The van der Waals surface area contributed by atoms with E-state index in [0.29, 0.717) is 5.02 Å². The van der Waals surface area contributed by atoms with E-state index in [2.05, 4.69) is 0 Å². The average molecular weight is 198 g/mol. The molecule has 0 aliphatic carbocycles. The van der Waals surface area contributed by atoms with E-state index < -0.39 is 0 Å². The van der Waals surface area contributed by atoms with Crippen LogP contribution in [0.5, 0.6) is 0 Å². The summed E-state index contributed by atoms with van der Waals surface area (Å²) in [5, 5.41) is 11.9. The number of hydroxylamine groups is 1. The minimum Gasteiger partial charge on any atom is -0.624 e. The second kappa shape index (κ2) is 4.28. The topological polar surface area (TPSA) is 26.1 Å². The lowest BCUT2D eigenvalue weighted by Crippen LogP contribution is -2.14. The summed E-state index contributed by atoms with van der Waals surface area (Å²) in [5.74, 6) is 0. The Hall–Kier alpha value is -1.02. The third-order valence-electron chi connectivity index (χ3n) is 1.66. The van der Waals surface area contributed by atoms with Gasteiger partial charge in [-0.05, 0) is 38.1 Å². The standard InChI is InChI=1S/C10H12ClNO/c1-8(2)12(13)7-9-3-5-10(11)6-4-9/h3-8H,1-2H3/b12-7-. The Balaban J connectivity index is 2.85. The molecule has 0 saturated heterocycles. The van der Waals surface area contributed by atoms with Crippen LogP contribution >= 0.6 is 11.6 Å². The van der Waals surface area contributed by atoms with Gasteiger partial charge in [-0.15, -0.1) is 0 Å². The maximum absolute atomic E-state index is 11.2. The SMILES string of the molecule is CC(C)/[N+]([O-])=C/c1ccc(Cl)cc1. The molecule has 0 heterocycles. The van der Waals surface area contributed by atoms with Gasteiger partial charge >= 0.3 is 0 Å². The fraction of sp³-hybridized carbons (Fsp3) is 0.300. The fourth-order valence-electron chi connectivity index (χ4n) is 0.845. The van der Waals surface area contributed by atoms with Gasteiger partial charge < -0.3 is 5.21 Å². The lowest BCUT2D eigenvalue weighted by atomic mass is 10.2. The Morgan fingerprint density at radius 1 is 1.31 bits per heavy atom. The lowest BCUT2D eigenvalue weighted by Gasteiger charge is -2.06. The molecular formula is C10H12ClNO. The Bertz CT molecular complexity index is 303. The van der Waals surface area contributed by atoms with Crippen molar-refractivity contribution in [2.75, 3.05) is 0 Å². The van der Waals surface area contributed by atoms with E-state index in [-0.39, 0.29) is 6.04 Å². The van der Waals surface area contributed by atoms with E-state index in [9.17, 15) is 5.21 Å². The summed E-state index contributed by atoms with van der Waals surface area (Å²) < 4.78 is 0.920. The molecule has 0 fully saturated rings. The van der Waals surface area contributed by atoms with Gasteiger partial charge in [-0.3, -0.25) is 0 Å². The third kappa shape index (κ3) is 3.07. The Morgan fingerprint density at radius 3 is 2.31 bits per heavy atom. The number of nitrogens with zero attached hydrogens (tertiary/aromatic N) is 1. The van der Waals surface area contributed by atoms with Crippen molar-refractivity contribution in [2.45, 2.75) is 19.9 Å². The highest BCUT2D eigenvalue weighted by molar-refractivity contribution is 6.30. The monoisotopic (exact) mass is 197 g/mol. The van der Waals surface area contributed by atoms with Gasteiger partial charge in [-0.2, -0.15) is 0 Å². The molecule has 13 heavy (non-hydrogen) atoms. The predicted octanol–water partition coefficient (Wildman–Crippen LogP) is 2.68. The average Bonchev–Trinajstić information content (AvgIpc) is 2.08. The molecular weight excluding hydrogens is 186 g/mol. The summed E-state index contributed by atoms with van der Waals surface area (Å²) in [5.41, 5.74) is 0.869. The molecule has 0 aliphatic heterocycles. The molecule has 0 unspecified atom stereocenters. The predicted molar refractivity (Wildman–Crippen MR) is 55.4 cm³/mol. The molecule has 1 aromatic carbocycles. The molecule has 0 radical (unpaired) electrons. The molecule has 1 aromatic rings. The van der Waals surface area contributed by atoms with Crippen LogP contribution in [0.3, 0.4) is 0 Å². The van der Waals surface area contributed by atoms with Crippen LogP contribution in [0, 0.1) is 5.21 Å². The minimum atomic E-state index is -0.0318. The molecule has 0 N–H and O–H groups in total. The highest BCUT2D eigenvalue weighted by atomic mass is 35.5. The lowest BCUT2D eigenvalue weighted by molar-refractivity contribution is -0.487. The van der Waals surface area contributed by atoms with Gasteiger partial charge in [0.25, 0.3) is 0 Å². The van der Waals surface area contributed by atoms with Crippen molar-refractivity contribution >= 4 is 17.8 Å². The van der Waals surface area contributed by atoms with Crippen LogP contribution in [0.25, 0.3) is 0 Å². The van der Waals surface area contributed by atoms with Gasteiger partial charge in [0.05, 0.1) is 0 Å². The number of rotatable bonds is 2. The van der Waals surface area contributed by atoms with Gasteiger partial charge in [0.1, 0.15) is 0 Å². The number of benzene rings is 1. The summed E-state index contributed by atoms with van der Waals surface area (Å²) >= 11 is 5.71. The first-order chi connectivity index (χ1) is 6.09. The minimum absolute atomic E-state index is 0.0318. The molecule has 0 bridgehead atoms. The molecule has 0 amide bonds. The van der Waals surface area contributed by atoms with Crippen molar-refractivity contribution in [1.29, 1.82) is 0 Å². The van der Waals surface area contributed by atoms with E-state index in [1.165, 1.54) is 0 Å². The molecule has 2 nitrogen and oxygen atoms in total. The zero-order valence-corrected chi connectivity index (χ0v) is 8.45. The molecule has 0 aliphatic rings. The van der Waals surface area contributed by atoms with Crippen molar-refractivity contribution < 1.29 is 4.74 Å². The van der Waals surface area contributed by atoms with Crippen LogP contribution in [0.1, 0.15) is 19.4 Å². The largest absolute Gasteiger partial charge is 0.624 e. The van der Waals surface area contributed by atoms with Gasteiger partial charge in [0.15, 0.2) is 12.3 Å². The zero-order chi connectivity index (χ0) is 9.84. The van der Waals surface area contributed by atoms with Crippen LogP contribution in [0.4, 0.5) is 0 Å². The van der Waals surface area contributed by atoms with E-state index in [1.807, 2.05) is 26.0 Å². The molecule has 1 rings (SSSR count). The van der Waals surface area contributed by atoms with Crippen LogP contribution in [-0.4, -0.2) is 17.0 Å². The van der Waals surface area contributed by atoms with Gasteiger partial charge in [0, 0.05) is 10.6 Å². The Labute approximate surface area is 83.0 Å². The number of hydrogen-bond donors (Lipinski definition) is 0. The summed E-state index contributed by atoms with van der Waals surface area (Å²) in [6.45, 7) is 3.69. The normalized spacial score (nSPS) is 12.2. The Kier molecular flexibility index (Phi) is 3.32. The van der Waals surface area contributed by atoms with Gasteiger partial charge in [-0.1, -0.05) is 11.6 Å². The van der Waals surface area contributed by atoms with Gasteiger partial charge in [0.2, 0.25) is 0 Å². The molecule has 0 atom stereocenters. The quantitative estimate of drug-likeness (QED) is 0.310. The van der Waals surface area contributed by atoms with Crippen molar-refractivity contribution in [3.8, 4) is 0 Å². The number of halogens is 1. The summed E-state index contributed by atoms with van der Waals surface area (Å²) in [6, 6.07) is 7.13. The van der Waals surface area contributed by atoms with Crippen molar-refractivity contribution in [3.05, 3.63) is 40.1 Å². The van der Waals surface area contributed by atoms with E-state index in [1.54, 1.807) is 18.3 Å². The third-order valence-corrected chi connectivity index (χ3v) is 1.91. The highest BCUT2D eigenvalue weighted by Crippen LogP contribution is 2.07. The smallest absolute Gasteiger partial charge is 0.182 e. The van der Waals surface area contributed by atoms with E-state index >= 15 is 0 Å². The molecule has 0 spiro atoms. The van der Waals surface area contributed by atoms with Crippen LogP contribution in [0.2, 0.25) is 5.02 Å². The van der Waals surface area contributed by atoms with Crippen LogP contribution < -0.4 is 0 Å². The first-order valence-corrected chi connectivity index (χ1v) is 4.53. The fourth-order valence-corrected chi connectivity index (χ4v) is 0.971. The second-order valence-corrected chi connectivity index (χ2v) is 3.57.